The first-order valence-corrected chi connectivity index (χ1v) is 7.24. The molecule has 4 heteroatoms. The molecule has 0 bridgehead atoms. The molecule has 1 atom stereocenters. The molecule has 1 aliphatic rings. The van der Waals surface area contributed by atoms with Crippen LogP contribution >= 0.6 is 0 Å². The van der Waals surface area contributed by atoms with Gasteiger partial charge in [0, 0.05) is 0 Å². The summed E-state index contributed by atoms with van der Waals surface area (Å²) in [6.45, 7) is 4.73. The molecule has 1 saturated heterocycles. The van der Waals surface area contributed by atoms with Crippen LogP contribution in [-0.2, 0) is 0 Å². The summed E-state index contributed by atoms with van der Waals surface area (Å²) < 4.78 is 11.0. The first kappa shape index (κ1) is 14.7. The van der Waals surface area contributed by atoms with Crippen LogP contribution in [0.4, 0.5) is 0 Å². The average molecular weight is 274 g/mol. The largest absolute Gasteiger partial charge is 0.493 e. The van der Waals surface area contributed by atoms with E-state index in [0.29, 0.717) is 12.4 Å². The summed E-state index contributed by atoms with van der Waals surface area (Å²) in [4.78, 5) is 2.22. The number of ether oxygens (including phenoxy) is 2. The molecule has 0 radical (unpaired) electrons. The van der Waals surface area contributed by atoms with Crippen molar-refractivity contribution in [1.82, 2.24) is 4.90 Å². The quantitative estimate of drug-likeness (QED) is 0.799. The molecule has 1 aliphatic heterocycles. The Balaban J connectivity index is 2.21. The van der Waals surface area contributed by atoms with Gasteiger partial charge in [0.1, 0.15) is 6.04 Å². The first-order valence-electron chi connectivity index (χ1n) is 7.24. The fourth-order valence-corrected chi connectivity index (χ4v) is 2.55. The van der Waals surface area contributed by atoms with E-state index in [4.69, 9.17) is 9.47 Å². The van der Waals surface area contributed by atoms with E-state index in [1.807, 2.05) is 18.2 Å². The van der Waals surface area contributed by atoms with Crippen LogP contribution in [0.5, 0.6) is 11.5 Å². The number of hydrogen-bond donors (Lipinski definition) is 0. The number of nitrogens with zero attached hydrogens (tertiary/aromatic N) is 2. The minimum absolute atomic E-state index is 0.188. The van der Waals surface area contributed by atoms with Crippen molar-refractivity contribution in [2.24, 2.45) is 0 Å². The van der Waals surface area contributed by atoms with Gasteiger partial charge in [-0.2, -0.15) is 5.26 Å². The van der Waals surface area contributed by atoms with E-state index in [0.717, 1.165) is 30.8 Å². The highest BCUT2D eigenvalue weighted by Gasteiger charge is 2.24. The summed E-state index contributed by atoms with van der Waals surface area (Å²) in [6.07, 6.45) is 3.31. The number of hydrogen-bond acceptors (Lipinski definition) is 4. The number of nitriles is 1. The van der Waals surface area contributed by atoms with E-state index in [1.54, 1.807) is 7.11 Å². The van der Waals surface area contributed by atoms with Crippen molar-refractivity contribution in [3.05, 3.63) is 23.8 Å². The Labute approximate surface area is 120 Å². The Hall–Kier alpha value is -1.73. The third kappa shape index (κ3) is 3.23. The summed E-state index contributed by atoms with van der Waals surface area (Å²) in [6, 6.07) is 8.02. The SMILES string of the molecule is CCCOc1ccc(C(C#N)N2CCCC2)cc1OC. The number of benzene rings is 1. The topological polar surface area (TPSA) is 45.5 Å². The lowest BCUT2D eigenvalue weighted by Crippen LogP contribution is -2.24. The monoisotopic (exact) mass is 274 g/mol. The molecule has 1 aromatic rings. The summed E-state index contributed by atoms with van der Waals surface area (Å²) in [5.41, 5.74) is 0.982. The Kier molecular flexibility index (Phi) is 5.25. The Morgan fingerprint density at radius 1 is 1.30 bits per heavy atom. The van der Waals surface area contributed by atoms with Crippen molar-refractivity contribution in [2.75, 3.05) is 26.8 Å². The fourth-order valence-electron chi connectivity index (χ4n) is 2.55. The highest BCUT2D eigenvalue weighted by atomic mass is 16.5. The van der Waals surface area contributed by atoms with E-state index in [-0.39, 0.29) is 6.04 Å². The Bertz CT molecular complexity index is 476. The summed E-state index contributed by atoms with van der Waals surface area (Å²) in [5, 5.41) is 9.45. The zero-order valence-electron chi connectivity index (χ0n) is 12.3. The highest BCUT2D eigenvalue weighted by Crippen LogP contribution is 2.33. The Morgan fingerprint density at radius 2 is 2.05 bits per heavy atom. The number of methoxy groups -OCH3 is 1. The van der Waals surface area contributed by atoms with Crippen LogP contribution in [0.2, 0.25) is 0 Å². The molecule has 108 valence electrons. The van der Waals surface area contributed by atoms with Crippen molar-refractivity contribution in [3.8, 4) is 17.6 Å². The van der Waals surface area contributed by atoms with Crippen LogP contribution in [0, 0.1) is 11.3 Å². The van der Waals surface area contributed by atoms with Crippen LogP contribution in [-0.4, -0.2) is 31.7 Å². The van der Waals surface area contributed by atoms with E-state index in [1.165, 1.54) is 12.8 Å². The van der Waals surface area contributed by atoms with E-state index >= 15 is 0 Å². The molecule has 0 aromatic heterocycles. The molecule has 1 aromatic carbocycles. The van der Waals surface area contributed by atoms with Crippen molar-refractivity contribution >= 4 is 0 Å². The van der Waals surface area contributed by atoms with Gasteiger partial charge in [-0.05, 0) is 50.0 Å². The lowest BCUT2D eigenvalue weighted by atomic mass is 10.1. The zero-order valence-corrected chi connectivity index (χ0v) is 12.3. The van der Waals surface area contributed by atoms with Gasteiger partial charge in [-0.25, -0.2) is 0 Å². The molecule has 0 spiro atoms. The molecule has 0 amide bonds. The van der Waals surface area contributed by atoms with Gasteiger partial charge in [0.2, 0.25) is 0 Å². The van der Waals surface area contributed by atoms with Crippen LogP contribution in [0.15, 0.2) is 18.2 Å². The van der Waals surface area contributed by atoms with Gasteiger partial charge >= 0.3 is 0 Å². The van der Waals surface area contributed by atoms with Crippen LogP contribution in [0.3, 0.4) is 0 Å². The lowest BCUT2D eigenvalue weighted by Gasteiger charge is -2.22. The first-order chi connectivity index (χ1) is 9.80. The summed E-state index contributed by atoms with van der Waals surface area (Å²) in [7, 11) is 1.63. The normalized spacial score (nSPS) is 16.6. The zero-order chi connectivity index (χ0) is 14.4. The van der Waals surface area contributed by atoms with Gasteiger partial charge in [-0.3, -0.25) is 4.90 Å². The van der Waals surface area contributed by atoms with E-state index < -0.39 is 0 Å². The second-order valence-electron chi connectivity index (χ2n) is 5.03. The third-order valence-electron chi connectivity index (χ3n) is 3.59. The maximum absolute atomic E-state index is 9.45. The second-order valence-corrected chi connectivity index (χ2v) is 5.03. The maximum atomic E-state index is 9.45. The molecule has 0 aliphatic carbocycles. The van der Waals surface area contributed by atoms with E-state index in [9.17, 15) is 5.26 Å². The van der Waals surface area contributed by atoms with Gasteiger partial charge in [0.05, 0.1) is 19.8 Å². The molecule has 0 saturated carbocycles. The minimum atomic E-state index is -0.188. The van der Waals surface area contributed by atoms with Gasteiger partial charge in [0.15, 0.2) is 11.5 Å². The standard InChI is InChI=1S/C16H22N2O2/c1-3-10-20-15-7-6-13(11-16(15)19-2)14(12-17)18-8-4-5-9-18/h6-7,11,14H,3-5,8-10H2,1-2H3. The lowest BCUT2D eigenvalue weighted by molar-refractivity contribution is 0.285. The molecule has 2 rings (SSSR count). The smallest absolute Gasteiger partial charge is 0.161 e. The summed E-state index contributed by atoms with van der Waals surface area (Å²) >= 11 is 0. The molecular formula is C16H22N2O2. The minimum Gasteiger partial charge on any atom is -0.493 e. The molecular weight excluding hydrogens is 252 g/mol. The van der Waals surface area contributed by atoms with Gasteiger partial charge in [0.25, 0.3) is 0 Å². The number of likely N-dealkylation sites (tertiary alicyclic amines) is 1. The van der Waals surface area contributed by atoms with Gasteiger partial charge in [-0.1, -0.05) is 13.0 Å². The van der Waals surface area contributed by atoms with Gasteiger partial charge in [-0.15, -0.1) is 0 Å². The molecule has 1 fully saturated rings. The van der Waals surface area contributed by atoms with Crippen LogP contribution < -0.4 is 9.47 Å². The predicted octanol–water partition coefficient (Wildman–Crippen LogP) is 3.14. The van der Waals surface area contributed by atoms with Crippen LogP contribution in [0.1, 0.15) is 37.8 Å². The molecule has 1 unspecified atom stereocenters. The highest BCUT2D eigenvalue weighted by molar-refractivity contribution is 5.45. The van der Waals surface area contributed by atoms with Gasteiger partial charge < -0.3 is 9.47 Å². The summed E-state index contributed by atoms with van der Waals surface area (Å²) in [5.74, 6) is 1.45. The number of rotatable bonds is 6. The third-order valence-corrected chi connectivity index (χ3v) is 3.59. The van der Waals surface area contributed by atoms with Crippen molar-refractivity contribution in [2.45, 2.75) is 32.2 Å². The maximum Gasteiger partial charge on any atom is 0.161 e. The van der Waals surface area contributed by atoms with E-state index in [2.05, 4.69) is 17.9 Å². The molecule has 4 nitrogen and oxygen atoms in total. The molecule has 1 heterocycles. The second kappa shape index (κ2) is 7.16. The van der Waals surface area contributed by atoms with Crippen molar-refractivity contribution in [3.63, 3.8) is 0 Å². The predicted molar refractivity (Wildman–Crippen MR) is 77.9 cm³/mol. The van der Waals surface area contributed by atoms with Crippen molar-refractivity contribution < 1.29 is 9.47 Å². The van der Waals surface area contributed by atoms with Crippen molar-refractivity contribution in [1.29, 1.82) is 5.26 Å². The van der Waals surface area contributed by atoms with Crippen LogP contribution in [0.25, 0.3) is 0 Å². The Morgan fingerprint density at radius 3 is 2.65 bits per heavy atom. The molecule has 20 heavy (non-hydrogen) atoms. The fraction of sp³-hybridized carbons (Fsp3) is 0.562. The molecule has 0 N–H and O–H groups in total. The average Bonchev–Trinajstić information content (AvgIpc) is 3.00.